The van der Waals surface area contributed by atoms with Gasteiger partial charge in [0.15, 0.2) is 0 Å². The van der Waals surface area contributed by atoms with Crippen molar-refractivity contribution >= 4 is 33.8 Å². The summed E-state index contributed by atoms with van der Waals surface area (Å²) in [4.78, 5) is 1.10. The van der Waals surface area contributed by atoms with Gasteiger partial charge in [0, 0.05) is 17.5 Å². The molecule has 0 radical (unpaired) electrons. The van der Waals surface area contributed by atoms with Gasteiger partial charge in [0.2, 0.25) is 10.0 Å². The number of halogens is 1. The fourth-order valence-electron chi connectivity index (χ4n) is 1.81. The van der Waals surface area contributed by atoms with Crippen LogP contribution in [-0.4, -0.2) is 26.8 Å². The molecule has 0 amide bonds. The Morgan fingerprint density at radius 3 is 2.72 bits per heavy atom. The third kappa shape index (κ3) is 4.85. The zero-order chi connectivity index (χ0) is 12.3. The maximum Gasteiger partial charge on any atom is 0.212 e. The van der Waals surface area contributed by atoms with Crippen molar-refractivity contribution in [1.82, 2.24) is 4.72 Å². The third-order valence-electron chi connectivity index (χ3n) is 2.97. The number of sulfonamides is 1. The second-order valence-corrected chi connectivity index (χ2v) is 7.35. The second-order valence-electron chi connectivity index (χ2n) is 4.45. The topological polar surface area (TPSA) is 72.2 Å². The summed E-state index contributed by atoms with van der Waals surface area (Å²) in [5, 5.41) is 1.96. The van der Waals surface area contributed by atoms with Crippen LogP contribution in [0.3, 0.4) is 0 Å². The lowest BCUT2D eigenvalue weighted by Gasteiger charge is -2.15. The van der Waals surface area contributed by atoms with Crippen molar-refractivity contribution in [3.05, 3.63) is 22.4 Å². The maximum atomic E-state index is 11.9. The number of rotatable bonds is 7. The summed E-state index contributed by atoms with van der Waals surface area (Å²) in [6.07, 6.45) is 2.76. The van der Waals surface area contributed by atoms with E-state index >= 15 is 0 Å². The molecule has 4 nitrogen and oxygen atoms in total. The normalized spacial score (nSPS) is 17.2. The van der Waals surface area contributed by atoms with Gasteiger partial charge >= 0.3 is 0 Å². The Bertz CT molecular complexity index is 444. The first kappa shape index (κ1) is 15.9. The van der Waals surface area contributed by atoms with E-state index in [0.29, 0.717) is 18.9 Å². The van der Waals surface area contributed by atoms with Gasteiger partial charge in [-0.05, 0) is 36.6 Å². The molecule has 1 heterocycles. The monoisotopic (exact) mass is 310 g/mol. The van der Waals surface area contributed by atoms with E-state index in [-0.39, 0.29) is 24.2 Å². The van der Waals surface area contributed by atoms with Gasteiger partial charge in [-0.3, -0.25) is 0 Å². The lowest BCUT2D eigenvalue weighted by atomic mass is 10.2. The average Bonchev–Trinajstić information content (AvgIpc) is 3.00. The third-order valence-corrected chi connectivity index (χ3v) is 5.31. The Balaban J connectivity index is 0.00000162. The number of thiophene rings is 1. The van der Waals surface area contributed by atoms with Crippen molar-refractivity contribution in [1.29, 1.82) is 0 Å². The Morgan fingerprint density at radius 1 is 1.50 bits per heavy atom. The minimum Gasteiger partial charge on any atom is -0.329 e. The van der Waals surface area contributed by atoms with E-state index < -0.39 is 10.0 Å². The Hall–Kier alpha value is -0.140. The minimum absolute atomic E-state index is 0. The highest BCUT2D eigenvalue weighted by Crippen LogP contribution is 2.32. The summed E-state index contributed by atoms with van der Waals surface area (Å²) in [7, 11) is -3.20. The van der Waals surface area contributed by atoms with Gasteiger partial charge in [-0.25, -0.2) is 13.1 Å². The smallest absolute Gasteiger partial charge is 0.212 e. The summed E-state index contributed by atoms with van der Waals surface area (Å²) >= 11 is 1.59. The molecule has 2 rings (SSSR count). The molecular formula is C11H19ClN2O2S2. The van der Waals surface area contributed by atoms with Crippen LogP contribution in [0.2, 0.25) is 0 Å². The molecule has 1 unspecified atom stereocenters. The SMILES string of the molecule is Cl.NCC(NS(=O)(=O)CCc1cccs1)C1CC1. The summed E-state index contributed by atoms with van der Waals surface area (Å²) in [5.41, 5.74) is 5.59. The molecule has 1 saturated carbocycles. The second kappa shape index (κ2) is 6.86. The molecule has 0 bridgehead atoms. The Kier molecular flexibility index (Phi) is 6.07. The highest BCUT2D eigenvalue weighted by Gasteiger charge is 2.32. The summed E-state index contributed by atoms with van der Waals surface area (Å²) in [6.45, 7) is 0.392. The van der Waals surface area contributed by atoms with E-state index in [0.717, 1.165) is 17.7 Å². The predicted molar refractivity (Wildman–Crippen MR) is 77.8 cm³/mol. The van der Waals surface area contributed by atoms with Crippen LogP contribution in [0.5, 0.6) is 0 Å². The van der Waals surface area contributed by atoms with E-state index in [9.17, 15) is 8.42 Å². The number of aryl methyl sites for hydroxylation is 1. The van der Waals surface area contributed by atoms with Crippen LogP contribution in [-0.2, 0) is 16.4 Å². The molecule has 104 valence electrons. The van der Waals surface area contributed by atoms with E-state index in [2.05, 4.69) is 4.72 Å². The van der Waals surface area contributed by atoms with Crippen molar-refractivity contribution in [2.45, 2.75) is 25.3 Å². The molecule has 0 aliphatic heterocycles. The molecule has 3 N–H and O–H groups in total. The van der Waals surface area contributed by atoms with Gasteiger partial charge < -0.3 is 5.73 Å². The van der Waals surface area contributed by atoms with Crippen LogP contribution in [0.1, 0.15) is 17.7 Å². The van der Waals surface area contributed by atoms with Gasteiger partial charge in [0.25, 0.3) is 0 Å². The van der Waals surface area contributed by atoms with E-state index in [1.165, 1.54) is 0 Å². The lowest BCUT2D eigenvalue weighted by Crippen LogP contribution is -2.42. The van der Waals surface area contributed by atoms with Crippen LogP contribution in [0.25, 0.3) is 0 Å². The summed E-state index contributed by atoms with van der Waals surface area (Å²) < 4.78 is 26.4. The zero-order valence-corrected chi connectivity index (χ0v) is 12.5. The molecule has 1 aliphatic rings. The van der Waals surface area contributed by atoms with Crippen molar-refractivity contribution in [3.63, 3.8) is 0 Å². The Labute approximate surface area is 118 Å². The van der Waals surface area contributed by atoms with Gasteiger partial charge in [0.1, 0.15) is 0 Å². The first-order valence-corrected chi connectivity index (χ1v) is 8.36. The van der Waals surface area contributed by atoms with Crippen LogP contribution in [0.4, 0.5) is 0 Å². The highest BCUT2D eigenvalue weighted by atomic mass is 35.5. The molecule has 0 saturated heterocycles. The van der Waals surface area contributed by atoms with Crippen LogP contribution < -0.4 is 10.5 Å². The maximum absolute atomic E-state index is 11.9. The lowest BCUT2D eigenvalue weighted by molar-refractivity contribution is 0.519. The van der Waals surface area contributed by atoms with E-state index in [1.807, 2.05) is 17.5 Å². The first-order chi connectivity index (χ1) is 8.11. The Morgan fingerprint density at radius 2 is 2.22 bits per heavy atom. The number of hydrogen-bond donors (Lipinski definition) is 2. The van der Waals surface area contributed by atoms with Gasteiger partial charge in [-0.1, -0.05) is 6.07 Å². The molecule has 0 spiro atoms. The van der Waals surface area contributed by atoms with Crippen molar-refractivity contribution in [3.8, 4) is 0 Å². The fourth-order valence-corrected chi connectivity index (χ4v) is 4.01. The van der Waals surface area contributed by atoms with Crippen LogP contribution >= 0.6 is 23.7 Å². The zero-order valence-electron chi connectivity index (χ0n) is 10.0. The van der Waals surface area contributed by atoms with Crippen molar-refractivity contribution in [2.75, 3.05) is 12.3 Å². The number of nitrogens with one attached hydrogen (secondary N) is 1. The minimum atomic E-state index is -3.20. The quantitative estimate of drug-likeness (QED) is 0.799. The number of hydrogen-bond acceptors (Lipinski definition) is 4. The molecule has 1 aliphatic carbocycles. The molecule has 1 atom stereocenters. The van der Waals surface area contributed by atoms with Crippen LogP contribution in [0.15, 0.2) is 17.5 Å². The van der Waals surface area contributed by atoms with Crippen molar-refractivity contribution in [2.24, 2.45) is 11.7 Å². The van der Waals surface area contributed by atoms with Gasteiger partial charge in [0.05, 0.1) is 5.75 Å². The van der Waals surface area contributed by atoms with E-state index in [4.69, 9.17) is 5.73 Å². The molecule has 1 fully saturated rings. The van der Waals surface area contributed by atoms with Crippen LogP contribution in [0, 0.1) is 5.92 Å². The molecule has 18 heavy (non-hydrogen) atoms. The fraction of sp³-hybridized carbons (Fsp3) is 0.636. The molecular weight excluding hydrogens is 292 g/mol. The van der Waals surface area contributed by atoms with Crippen molar-refractivity contribution < 1.29 is 8.42 Å². The predicted octanol–water partition coefficient (Wildman–Crippen LogP) is 1.37. The van der Waals surface area contributed by atoms with Gasteiger partial charge in [-0.2, -0.15) is 0 Å². The summed E-state index contributed by atoms with van der Waals surface area (Å²) in [5.74, 6) is 0.605. The summed E-state index contributed by atoms with van der Waals surface area (Å²) in [6, 6.07) is 3.83. The largest absolute Gasteiger partial charge is 0.329 e. The standard InChI is InChI=1S/C11H18N2O2S2.ClH/c12-8-11(9-3-4-9)13-17(14,15)7-5-10-2-1-6-16-10;/h1-2,6,9,11,13H,3-5,7-8,12H2;1H. The van der Waals surface area contributed by atoms with E-state index in [1.54, 1.807) is 11.3 Å². The average molecular weight is 311 g/mol. The first-order valence-electron chi connectivity index (χ1n) is 5.83. The molecule has 7 heteroatoms. The van der Waals surface area contributed by atoms with Gasteiger partial charge in [-0.15, -0.1) is 23.7 Å². The highest BCUT2D eigenvalue weighted by molar-refractivity contribution is 7.89. The molecule has 1 aromatic rings. The molecule has 1 aromatic heterocycles. The molecule has 0 aromatic carbocycles. The number of nitrogens with two attached hydrogens (primary N) is 1.